The SMILES string of the molecule is C=CCOc1cccc([C@H]2c3c(oc4ccc(Cl)cc4c3=O)C(=O)N2c2nc(C)cs2)c1. The van der Waals surface area contributed by atoms with Gasteiger partial charge in [-0.2, -0.15) is 0 Å². The van der Waals surface area contributed by atoms with E-state index >= 15 is 0 Å². The standard InChI is InChI=1S/C24H17ClN2O4S/c1-3-9-30-16-6-4-5-14(10-16)20-19-21(28)17-11-15(25)7-8-18(17)31-22(19)23(29)27(20)24-26-13(2)12-32-24/h3-8,10-12,20H,1,9H2,2H3/t20-/m0/s1. The summed E-state index contributed by atoms with van der Waals surface area (Å²) in [7, 11) is 0. The van der Waals surface area contributed by atoms with Crippen LogP contribution in [0.15, 0.2) is 69.7 Å². The number of hydrogen-bond donors (Lipinski definition) is 0. The minimum absolute atomic E-state index is 0.0140. The second-order valence-corrected chi connectivity index (χ2v) is 8.61. The van der Waals surface area contributed by atoms with Crippen LogP contribution in [0.25, 0.3) is 11.0 Å². The predicted molar refractivity (Wildman–Crippen MR) is 125 cm³/mol. The fourth-order valence-electron chi connectivity index (χ4n) is 3.84. The molecule has 0 saturated carbocycles. The van der Waals surface area contributed by atoms with Crippen molar-refractivity contribution in [2.75, 3.05) is 11.5 Å². The van der Waals surface area contributed by atoms with Crippen molar-refractivity contribution < 1.29 is 13.9 Å². The number of halogens is 1. The van der Waals surface area contributed by atoms with E-state index in [4.69, 9.17) is 20.8 Å². The monoisotopic (exact) mass is 464 g/mol. The molecule has 0 N–H and O–H groups in total. The van der Waals surface area contributed by atoms with Gasteiger partial charge in [0, 0.05) is 10.4 Å². The van der Waals surface area contributed by atoms with Crippen LogP contribution in [0.3, 0.4) is 0 Å². The molecule has 1 aliphatic heterocycles. The lowest BCUT2D eigenvalue weighted by Gasteiger charge is -2.23. The van der Waals surface area contributed by atoms with Crippen molar-refractivity contribution in [3.63, 3.8) is 0 Å². The van der Waals surface area contributed by atoms with Crippen LogP contribution in [0, 0.1) is 6.92 Å². The molecule has 2 aromatic heterocycles. The second kappa shape index (κ2) is 7.93. The highest BCUT2D eigenvalue weighted by Gasteiger charge is 2.45. The Bertz CT molecular complexity index is 1440. The van der Waals surface area contributed by atoms with Gasteiger partial charge in [-0.25, -0.2) is 4.98 Å². The zero-order chi connectivity index (χ0) is 22.4. The van der Waals surface area contributed by atoms with Gasteiger partial charge in [0.1, 0.15) is 17.9 Å². The largest absolute Gasteiger partial charge is 0.490 e. The van der Waals surface area contributed by atoms with Gasteiger partial charge in [0.2, 0.25) is 5.76 Å². The lowest BCUT2D eigenvalue weighted by atomic mass is 9.98. The van der Waals surface area contributed by atoms with Crippen LogP contribution in [0.4, 0.5) is 5.13 Å². The Kier molecular flexibility index (Phi) is 5.07. The molecule has 4 aromatic rings. The van der Waals surface area contributed by atoms with Crippen molar-refractivity contribution in [2.45, 2.75) is 13.0 Å². The summed E-state index contributed by atoms with van der Waals surface area (Å²) >= 11 is 7.46. The molecule has 0 aliphatic carbocycles. The number of carbonyl (C=O) groups is 1. The highest BCUT2D eigenvalue weighted by atomic mass is 35.5. The summed E-state index contributed by atoms with van der Waals surface area (Å²) in [6.07, 6.45) is 1.65. The molecule has 5 rings (SSSR count). The first kappa shape index (κ1) is 20.5. The molecule has 3 heterocycles. The van der Waals surface area contributed by atoms with Gasteiger partial charge in [-0.15, -0.1) is 11.3 Å². The van der Waals surface area contributed by atoms with Gasteiger partial charge in [0.15, 0.2) is 10.6 Å². The Morgan fingerprint density at radius 1 is 1.28 bits per heavy atom. The molecule has 1 amide bonds. The molecule has 0 spiro atoms. The van der Waals surface area contributed by atoms with E-state index in [1.807, 2.05) is 36.6 Å². The maximum Gasteiger partial charge on any atom is 0.297 e. The minimum Gasteiger partial charge on any atom is -0.490 e. The number of amides is 1. The molecule has 8 heteroatoms. The molecule has 0 fully saturated rings. The molecule has 1 aliphatic rings. The molecule has 0 bridgehead atoms. The number of aromatic nitrogens is 1. The number of nitrogens with zero attached hydrogens (tertiary/aromatic N) is 2. The minimum atomic E-state index is -0.713. The molecular weight excluding hydrogens is 448 g/mol. The van der Waals surface area contributed by atoms with Crippen molar-refractivity contribution in [3.8, 4) is 5.75 Å². The summed E-state index contributed by atoms with van der Waals surface area (Å²) in [6.45, 7) is 5.86. The van der Waals surface area contributed by atoms with Crippen LogP contribution in [-0.2, 0) is 0 Å². The second-order valence-electron chi connectivity index (χ2n) is 7.34. The Labute approximate surface area is 192 Å². The molecule has 6 nitrogen and oxygen atoms in total. The van der Waals surface area contributed by atoms with E-state index in [1.54, 1.807) is 24.3 Å². The van der Waals surface area contributed by atoms with Crippen molar-refractivity contribution in [3.05, 3.63) is 98.3 Å². The lowest BCUT2D eigenvalue weighted by Crippen LogP contribution is -2.29. The van der Waals surface area contributed by atoms with Crippen LogP contribution in [0.2, 0.25) is 5.02 Å². The lowest BCUT2D eigenvalue weighted by molar-refractivity contribution is 0.0971. The van der Waals surface area contributed by atoms with E-state index in [9.17, 15) is 9.59 Å². The Balaban J connectivity index is 1.77. The third-order valence-electron chi connectivity index (χ3n) is 5.19. The van der Waals surface area contributed by atoms with E-state index in [1.165, 1.54) is 16.2 Å². The maximum absolute atomic E-state index is 13.6. The number of benzene rings is 2. The zero-order valence-corrected chi connectivity index (χ0v) is 18.6. The summed E-state index contributed by atoms with van der Waals surface area (Å²) in [6, 6.07) is 11.4. The van der Waals surface area contributed by atoms with Gasteiger partial charge < -0.3 is 9.15 Å². The average molecular weight is 465 g/mol. The third-order valence-corrected chi connectivity index (χ3v) is 6.38. The van der Waals surface area contributed by atoms with Gasteiger partial charge in [-0.3, -0.25) is 14.5 Å². The first-order valence-electron chi connectivity index (χ1n) is 9.83. The van der Waals surface area contributed by atoms with Gasteiger partial charge in [-0.1, -0.05) is 36.4 Å². The van der Waals surface area contributed by atoms with Crippen LogP contribution in [0.1, 0.15) is 33.4 Å². The quantitative estimate of drug-likeness (QED) is 0.363. The van der Waals surface area contributed by atoms with Crippen molar-refractivity contribution >= 4 is 44.9 Å². The van der Waals surface area contributed by atoms with Crippen LogP contribution in [0.5, 0.6) is 5.75 Å². The van der Waals surface area contributed by atoms with Crippen molar-refractivity contribution in [1.82, 2.24) is 4.98 Å². The first-order chi connectivity index (χ1) is 15.5. The number of thiazole rings is 1. The van der Waals surface area contributed by atoms with E-state index in [0.717, 1.165) is 5.69 Å². The van der Waals surface area contributed by atoms with E-state index in [0.29, 0.717) is 39.0 Å². The van der Waals surface area contributed by atoms with Crippen LogP contribution >= 0.6 is 22.9 Å². The summed E-state index contributed by atoms with van der Waals surface area (Å²) in [5.41, 5.74) is 1.77. The maximum atomic E-state index is 13.6. The van der Waals surface area contributed by atoms with E-state index in [-0.39, 0.29) is 16.8 Å². The highest BCUT2D eigenvalue weighted by Crippen LogP contribution is 2.42. The number of ether oxygens (including phenoxy) is 1. The Morgan fingerprint density at radius 2 is 2.12 bits per heavy atom. The highest BCUT2D eigenvalue weighted by molar-refractivity contribution is 7.14. The summed E-state index contributed by atoms with van der Waals surface area (Å²) in [4.78, 5) is 33.1. The molecule has 1 atom stereocenters. The molecule has 32 heavy (non-hydrogen) atoms. The molecule has 2 aromatic carbocycles. The number of aryl methyl sites for hydroxylation is 1. The smallest absolute Gasteiger partial charge is 0.297 e. The topological polar surface area (TPSA) is 72.6 Å². The molecule has 160 valence electrons. The summed E-state index contributed by atoms with van der Waals surface area (Å²) < 4.78 is 11.6. The van der Waals surface area contributed by atoms with Crippen LogP contribution < -0.4 is 15.1 Å². The summed E-state index contributed by atoms with van der Waals surface area (Å²) in [5.74, 6) is 0.206. The van der Waals surface area contributed by atoms with Gasteiger partial charge >= 0.3 is 0 Å². The van der Waals surface area contributed by atoms with Gasteiger partial charge in [0.25, 0.3) is 5.91 Å². The first-order valence-corrected chi connectivity index (χ1v) is 11.1. The number of hydrogen-bond acceptors (Lipinski definition) is 6. The van der Waals surface area contributed by atoms with Gasteiger partial charge in [0.05, 0.1) is 22.7 Å². The molecule has 0 saturated heterocycles. The van der Waals surface area contributed by atoms with E-state index in [2.05, 4.69) is 11.6 Å². The average Bonchev–Trinajstić information content (AvgIpc) is 3.34. The van der Waals surface area contributed by atoms with Crippen LogP contribution in [-0.4, -0.2) is 17.5 Å². The normalized spacial score (nSPS) is 15.2. The predicted octanol–water partition coefficient (Wildman–Crippen LogP) is 5.53. The summed E-state index contributed by atoms with van der Waals surface area (Å²) in [5, 5.41) is 3.09. The third kappa shape index (κ3) is 3.30. The fraction of sp³-hybridized carbons (Fsp3) is 0.125. The number of fused-ring (bicyclic) bond motifs is 2. The van der Waals surface area contributed by atoms with E-state index < -0.39 is 11.9 Å². The van der Waals surface area contributed by atoms with Crippen molar-refractivity contribution in [1.29, 1.82) is 0 Å². The number of rotatable bonds is 5. The number of anilines is 1. The molecule has 0 unspecified atom stereocenters. The number of carbonyl (C=O) groups excluding carboxylic acids is 1. The fourth-order valence-corrected chi connectivity index (χ4v) is 4.84. The Morgan fingerprint density at radius 3 is 2.88 bits per heavy atom. The Hall–Kier alpha value is -3.42. The van der Waals surface area contributed by atoms with Crippen molar-refractivity contribution in [2.24, 2.45) is 0 Å². The van der Waals surface area contributed by atoms with Gasteiger partial charge in [-0.05, 0) is 42.8 Å². The molecule has 0 radical (unpaired) electrons. The molecular formula is C24H17ClN2O4S. The zero-order valence-electron chi connectivity index (χ0n) is 17.0.